The maximum Gasteiger partial charge on any atom is 0.146 e. The number of carbonyl (C=O) groups excluding carboxylic acids is 3. The van der Waals surface area contributed by atoms with Gasteiger partial charge in [-0.1, -0.05) is 0 Å². The van der Waals surface area contributed by atoms with E-state index in [0.29, 0.717) is 0 Å². The number of Topliss-reactive ketones (excluding diaryl/α,β-unsaturated/α-hetero) is 3. The second-order valence-corrected chi connectivity index (χ2v) is 3.52. The number of nitrogens with two attached hydrogens (primary N) is 2. The number of carbonyl (C=O) groups is 3. The van der Waals surface area contributed by atoms with Crippen molar-refractivity contribution in [1.82, 2.24) is 0 Å². The molecule has 5 heteroatoms. The maximum atomic E-state index is 10.4. The highest BCUT2D eigenvalue weighted by molar-refractivity contribution is 5.87. The van der Waals surface area contributed by atoms with Crippen molar-refractivity contribution in [3.63, 3.8) is 0 Å². The number of hydrogen-bond donors (Lipinski definition) is 2. The lowest BCUT2D eigenvalue weighted by Gasteiger charge is -2.01. The molecule has 0 aromatic rings. The largest absolute Gasteiger partial charge is 0.322 e. The van der Waals surface area contributed by atoms with E-state index in [2.05, 4.69) is 0 Å². The summed E-state index contributed by atoms with van der Waals surface area (Å²) in [5.41, 5.74) is 10.3. The van der Waals surface area contributed by atoms with Crippen LogP contribution in [0, 0.1) is 0 Å². The van der Waals surface area contributed by atoms with E-state index in [9.17, 15) is 14.4 Å². The molecule has 0 aliphatic rings. The Morgan fingerprint density at radius 1 is 1.00 bits per heavy atom. The zero-order valence-corrected chi connectivity index (χ0v) is 9.74. The van der Waals surface area contributed by atoms with E-state index in [-0.39, 0.29) is 29.8 Å². The number of ketones is 3. The van der Waals surface area contributed by atoms with Crippen molar-refractivity contribution in [1.29, 1.82) is 0 Å². The Morgan fingerprint density at radius 3 is 1.40 bits per heavy atom. The van der Waals surface area contributed by atoms with Crippen LogP contribution in [0.2, 0.25) is 0 Å². The molecule has 0 saturated carbocycles. The van der Waals surface area contributed by atoms with E-state index >= 15 is 0 Å². The third-order valence-electron chi connectivity index (χ3n) is 1.67. The number of rotatable bonds is 4. The zero-order valence-electron chi connectivity index (χ0n) is 9.74. The van der Waals surface area contributed by atoms with Gasteiger partial charge in [-0.15, -0.1) is 0 Å². The van der Waals surface area contributed by atoms with Gasteiger partial charge in [-0.25, -0.2) is 0 Å². The van der Waals surface area contributed by atoms with E-state index in [1.807, 2.05) is 0 Å². The van der Waals surface area contributed by atoms with Gasteiger partial charge in [-0.05, 0) is 27.7 Å². The molecule has 0 bridgehead atoms. The van der Waals surface area contributed by atoms with Gasteiger partial charge in [0.1, 0.15) is 17.3 Å². The van der Waals surface area contributed by atoms with Crippen molar-refractivity contribution in [3.05, 3.63) is 0 Å². The molecule has 15 heavy (non-hydrogen) atoms. The molecule has 0 aliphatic heterocycles. The third kappa shape index (κ3) is 12.9. The van der Waals surface area contributed by atoms with Gasteiger partial charge in [0.25, 0.3) is 0 Å². The molecule has 0 aromatic carbocycles. The lowest BCUT2D eigenvalue weighted by molar-refractivity contribution is -0.123. The summed E-state index contributed by atoms with van der Waals surface area (Å²) in [6.45, 7) is 5.95. The summed E-state index contributed by atoms with van der Waals surface area (Å²) in [6, 6.07) is -0.882. The SMILES string of the molecule is CC(=O)C(C)N.CC(=O)CC(N)C(C)=O. The van der Waals surface area contributed by atoms with E-state index in [1.165, 1.54) is 20.8 Å². The molecule has 2 atom stereocenters. The van der Waals surface area contributed by atoms with E-state index in [4.69, 9.17) is 11.5 Å². The third-order valence-corrected chi connectivity index (χ3v) is 1.67. The molecular weight excluding hydrogens is 196 g/mol. The van der Waals surface area contributed by atoms with Crippen LogP contribution in [0.4, 0.5) is 0 Å². The standard InChI is InChI=1S/C6H11NO2.C4H9NO/c1-4(8)3-6(7)5(2)9;1-3(5)4(2)6/h6H,3,7H2,1-2H3;3H,5H2,1-2H3. The smallest absolute Gasteiger partial charge is 0.146 e. The fraction of sp³-hybridized carbons (Fsp3) is 0.700. The fourth-order valence-electron chi connectivity index (χ4n) is 0.453. The lowest BCUT2D eigenvalue weighted by Crippen LogP contribution is -2.30. The molecular formula is C10H20N2O3. The topological polar surface area (TPSA) is 103 Å². The number of hydrogen-bond acceptors (Lipinski definition) is 5. The van der Waals surface area contributed by atoms with E-state index in [0.717, 1.165) is 0 Å². The van der Waals surface area contributed by atoms with Crippen LogP contribution in [0.25, 0.3) is 0 Å². The summed E-state index contributed by atoms with van der Waals surface area (Å²) in [4.78, 5) is 30.7. The predicted molar refractivity (Wildman–Crippen MR) is 58.3 cm³/mol. The molecule has 88 valence electrons. The van der Waals surface area contributed by atoms with Crippen molar-refractivity contribution >= 4 is 17.3 Å². The van der Waals surface area contributed by atoms with Gasteiger partial charge in [0.2, 0.25) is 0 Å². The van der Waals surface area contributed by atoms with Crippen LogP contribution in [0.1, 0.15) is 34.1 Å². The van der Waals surface area contributed by atoms with Crippen LogP contribution in [0.15, 0.2) is 0 Å². The first kappa shape index (κ1) is 16.4. The molecule has 0 heterocycles. The second-order valence-electron chi connectivity index (χ2n) is 3.52. The molecule has 5 nitrogen and oxygen atoms in total. The average Bonchev–Trinajstić information content (AvgIpc) is 2.03. The van der Waals surface area contributed by atoms with Crippen LogP contribution >= 0.6 is 0 Å². The highest BCUT2D eigenvalue weighted by Crippen LogP contribution is 1.89. The maximum absolute atomic E-state index is 10.4. The van der Waals surface area contributed by atoms with Crippen molar-refractivity contribution in [2.45, 2.75) is 46.2 Å². The highest BCUT2D eigenvalue weighted by Gasteiger charge is 2.09. The summed E-state index contributed by atoms with van der Waals surface area (Å²) in [5, 5.41) is 0. The first-order chi connectivity index (χ1) is 6.68. The Kier molecular flexibility index (Phi) is 9.01. The van der Waals surface area contributed by atoms with E-state index < -0.39 is 6.04 Å². The molecule has 0 fully saturated rings. The molecule has 0 aromatic heterocycles. The minimum Gasteiger partial charge on any atom is -0.322 e. The summed E-state index contributed by atoms with van der Waals surface area (Å²) >= 11 is 0. The first-order valence-corrected chi connectivity index (χ1v) is 4.70. The van der Waals surface area contributed by atoms with Crippen molar-refractivity contribution in [2.24, 2.45) is 11.5 Å². The average molecular weight is 216 g/mol. The van der Waals surface area contributed by atoms with Crippen molar-refractivity contribution in [2.75, 3.05) is 0 Å². The summed E-state index contributed by atoms with van der Waals surface area (Å²) in [6.07, 6.45) is 0.162. The molecule has 0 aliphatic carbocycles. The van der Waals surface area contributed by atoms with Gasteiger partial charge in [0, 0.05) is 6.42 Å². The van der Waals surface area contributed by atoms with Gasteiger partial charge in [0.05, 0.1) is 12.1 Å². The Bertz CT molecular complexity index is 237. The van der Waals surface area contributed by atoms with Gasteiger partial charge in [-0.2, -0.15) is 0 Å². The normalized spacial score (nSPS) is 13.2. The lowest BCUT2D eigenvalue weighted by atomic mass is 10.1. The van der Waals surface area contributed by atoms with Gasteiger partial charge in [0.15, 0.2) is 0 Å². The van der Waals surface area contributed by atoms with E-state index in [1.54, 1.807) is 6.92 Å². The quantitative estimate of drug-likeness (QED) is 0.677. The first-order valence-electron chi connectivity index (χ1n) is 4.70. The Labute approximate surface area is 90.2 Å². The summed E-state index contributed by atoms with van der Waals surface area (Å²) in [7, 11) is 0. The Hall–Kier alpha value is -1.07. The summed E-state index contributed by atoms with van der Waals surface area (Å²) < 4.78 is 0. The molecule has 0 spiro atoms. The monoisotopic (exact) mass is 216 g/mol. The fourth-order valence-corrected chi connectivity index (χ4v) is 0.453. The molecule has 0 saturated heterocycles. The van der Waals surface area contributed by atoms with Crippen LogP contribution in [0.3, 0.4) is 0 Å². The van der Waals surface area contributed by atoms with Gasteiger partial charge >= 0.3 is 0 Å². The van der Waals surface area contributed by atoms with Crippen LogP contribution in [-0.2, 0) is 14.4 Å². The highest BCUT2D eigenvalue weighted by atomic mass is 16.1. The Morgan fingerprint density at radius 2 is 1.33 bits per heavy atom. The second kappa shape index (κ2) is 8.26. The van der Waals surface area contributed by atoms with Gasteiger partial charge in [-0.3, -0.25) is 14.4 Å². The van der Waals surface area contributed by atoms with Crippen LogP contribution in [0.5, 0.6) is 0 Å². The summed E-state index contributed by atoms with van der Waals surface area (Å²) in [5.74, 6) is -0.141. The molecule has 2 unspecified atom stereocenters. The van der Waals surface area contributed by atoms with Crippen LogP contribution < -0.4 is 11.5 Å². The molecule has 0 radical (unpaired) electrons. The molecule has 0 rings (SSSR count). The van der Waals surface area contributed by atoms with Crippen molar-refractivity contribution < 1.29 is 14.4 Å². The van der Waals surface area contributed by atoms with Crippen molar-refractivity contribution in [3.8, 4) is 0 Å². The molecule has 0 amide bonds. The zero-order chi connectivity index (χ0) is 12.6. The minimum atomic E-state index is -0.595. The predicted octanol–water partition coefficient (Wildman–Crippen LogP) is -0.196. The van der Waals surface area contributed by atoms with Gasteiger partial charge < -0.3 is 11.5 Å². The molecule has 4 N–H and O–H groups in total. The van der Waals surface area contributed by atoms with Crippen LogP contribution in [-0.4, -0.2) is 29.4 Å². The minimum absolute atomic E-state index is 0.0370. The Balaban J connectivity index is 0.